The number of aliphatic carboxylic acids is 6. The predicted molar refractivity (Wildman–Crippen MR) is 515 cm³/mol. The quantitative estimate of drug-likeness (QED) is 0.0415. The number of halogens is 1. The van der Waals surface area contributed by atoms with Gasteiger partial charge in [-0.25, -0.2) is 0 Å². The van der Waals surface area contributed by atoms with E-state index in [1.54, 1.807) is 11.8 Å². The smallest absolute Gasteiger partial charge is 0.305 e. The molecule has 18 rings (SSSR count). The lowest BCUT2D eigenvalue weighted by Crippen LogP contribution is -2.23. The Balaban J connectivity index is 0.000000130. The fourth-order valence-electron chi connectivity index (χ4n) is 16.9. The van der Waals surface area contributed by atoms with Gasteiger partial charge in [0.15, 0.2) is 0 Å². The van der Waals surface area contributed by atoms with Gasteiger partial charge in [-0.2, -0.15) is 0 Å². The summed E-state index contributed by atoms with van der Waals surface area (Å²) in [6, 6.07) is 79.6. The summed E-state index contributed by atoms with van der Waals surface area (Å²) in [6.45, 7) is 30.8. The molecule has 0 saturated heterocycles. The van der Waals surface area contributed by atoms with Gasteiger partial charge in [-0.05, 0) is 221 Å². The van der Waals surface area contributed by atoms with Crippen molar-refractivity contribution < 1.29 is 59.4 Å². The molecule has 1 aliphatic heterocycles. The summed E-state index contributed by atoms with van der Waals surface area (Å²) in [5.74, 6) is -3.67. The van der Waals surface area contributed by atoms with Gasteiger partial charge in [0.25, 0.3) is 0 Å². The van der Waals surface area contributed by atoms with Gasteiger partial charge in [0.05, 0.1) is 49.9 Å². The molecule has 0 atom stereocenters. The Morgan fingerprint density at radius 3 is 0.873 bits per heavy atom. The second-order valence-electron chi connectivity index (χ2n) is 34.4. The number of carboxylic acids is 6. The lowest BCUT2D eigenvalue weighted by Gasteiger charge is -2.32. The summed E-state index contributed by atoms with van der Waals surface area (Å²) in [7, 11) is 0. The molecule has 0 radical (unpaired) electrons. The molecule has 0 amide bonds. The van der Waals surface area contributed by atoms with Crippen LogP contribution in [0.15, 0.2) is 240 Å². The molecule has 12 aromatic carbocycles. The number of nitrogens with zero attached hydrogens (tertiary/aromatic N) is 6. The third-order valence-electron chi connectivity index (χ3n) is 23.3. The van der Waals surface area contributed by atoms with Crippen LogP contribution in [-0.4, -0.2) is 95.8 Å². The molecule has 0 aliphatic carbocycles. The molecule has 0 unspecified atom stereocenters. The number of aromatic nitrogens is 5. The van der Waals surface area contributed by atoms with Crippen molar-refractivity contribution in [1.82, 2.24) is 22.8 Å². The number of carbonyl (C=O) groups is 6. The highest BCUT2D eigenvalue weighted by atomic mass is 35.5. The predicted octanol–water partition coefficient (Wildman–Crippen LogP) is 26.2. The first-order valence-corrected chi connectivity index (χ1v) is 44.0. The molecule has 648 valence electrons. The Labute approximate surface area is 742 Å². The second kappa shape index (κ2) is 39.0. The lowest BCUT2D eigenvalue weighted by atomic mass is 9.86. The number of para-hydroxylation sites is 2. The molecule has 6 N–H and O–H groups in total. The Bertz CT molecular complexity index is 6660. The maximum Gasteiger partial charge on any atom is 0.305 e. The van der Waals surface area contributed by atoms with Crippen LogP contribution in [0.5, 0.6) is 0 Å². The molecule has 17 aromatic rings. The van der Waals surface area contributed by atoms with Crippen LogP contribution in [-0.2, 0) is 66.9 Å². The Hall–Kier alpha value is -13.1. The zero-order valence-electron chi connectivity index (χ0n) is 73.7. The monoisotopic (exact) mass is 1720 g/mol. The lowest BCUT2D eigenvalue weighted by molar-refractivity contribution is -0.138. The summed E-state index contributed by atoms with van der Waals surface area (Å²) in [5, 5.41) is 66.5. The molecule has 0 fully saturated rings. The van der Waals surface area contributed by atoms with Gasteiger partial charge in [-0.15, -0.1) is 0 Å². The summed E-state index contributed by atoms with van der Waals surface area (Å²) < 4.78 is 10.6. The van der Waals surface area contributed by atoms with E-state index in [0.717, 1.165) is 76.3 Å². The SMILES string of the molecule is CC(C)(C)c1ccc2c(c1)c1ccccc1n2CCC(=O)O.CC(C)c1ccc2c(c1)c1cc(C(C)C)ccc1n2CCC(=O)O.Cc1ccc2c(c1)Sc1cc(Cl)ccc1N2CCC(=O)O.Cc1ccc2c(c1)c1cc(C)ccc1n2CCC(=O)O.Cc1ccc2c(c1)c1cc(C)ccc1n2CCC(=O)O.Cc1ccc2c(c1)c1ccccc1n2CCC(=O)O. The summed E-state index contributed by atoms with van der Waals surface area (Å²) in [6.07, 6.45) is 0.786. The maximum atomic E-state index is 11.0. The van der Waals surface area contributed by atoms with Crippen LogP contribution in [0.3, 0.4) is 0 Å². The van der Waals surface area contributed by atoms with Crippen molar-refractivity contribution in [3.05, 3.63) is 286 Å². The number of hydrogen-bond donors (Lipinski definition) is 6. The van der Waals surface area contributed by atoms with E-state index in [1.807, 2.05) is 54.6 Å². The van der Waals surface area contributed by atoms with Gasteiger partial charge in [-0.3, -0.25) is 28.8 Å². The van der Waals surface area contributed by atoms with E-state index in [-0.39, 0.29) is 43.9 Å². The van der Waals surface area contributed by atoms with Crippen LogP contribution in [0.1, 0.15) is 149 Å². The molecule has 0 spiro atoms. The van der Waals surface area contributed by atoms with E-state index < -0.39 is 35.8 Å². The van der Waals surface area contributed by atoms with Crippen molar-refractivity contribution in [2.24, 2.45) is 0 Å². The number of carboxylic acid groups (broad SMARTS) is 6. The normalized spacial score (nSPS) is 11.8. The van der Waals surface area contributed by atoms with Gasteiger partial charge in [0.2, 0.25) is 0 Å². The summed E-state index contributed by atoms with van der Waals surface area (Å²) in [5.41, 5.74) is 24.5. The van der Waals surface area contributed by atoms with Crippen LogP contribution in [0.2, 0.25) is 5.02 Å². The molecule has 1 aliphatic rings. The van der Waals surface area contributed by atoms with E-state index in [9.17, 15) is 28.8 Å². The number of fused-ring (bicyclic) bond motifs is 17. The second-order valence-corrected chi connectivity index (χ2v) is 36.0. The van der Waals surface area contributed by atoms with E-state index >= 15 is 0 Å². The molecule has 5 aromatic heterocycles. The van der Waals surface area contributed by atoms with E-state index in [1.165, 1.54) is 104 Å². The van der Waals surface area contributed by atoms with Crippen molar-refractivity contribution in [3.63, 3.8) is 0 Å². The van der Waals surface area contributed by atoms with Crippen LogP contribution in [0.25, 0.3) is 109 Å². The summed E-state index contributed by atoms with van der Waals surface area (Å²) >= 11 is 7.76. The number of aryl methyl sites for hydroxylation is 11. The highest BCUT2D eigenvalue weighted by molar-refractivity contribution is 7.99. The minimum Gasteiger partial charge on any atom is -0.481 e. The fourth-order valence-corrected chi connectivity index (χ4v) is 18.3. The number of hydrogen-bond acceptors (Lipinski definition) is 8. The van der Waals surface area contributed by atoms with Crippen molar-refractivity contribution in [3.8, 4) is 0 Å². The maximum absolute atomic E-state index is 11.0. The third kappa shape index (κ3) is 20.6. The average molecular weight is 1730 g/mol. The fraction of sp³-hybridized carbons (Fsp3) is 0.264. The first-order valence-electron chi connectivity index (χ1n) is 42.8. The van der Waals surface area contributed by atoms with Crippen molar-refractivity contribution in [2.45, 2.75) is 188 Å². The standard InChI is InChI=1S/C21H25NO2.C19H21NO2.2C17H17NO2.C16H14ClNO2S.C16H15NO2/c1-13(2)15-5-7-19-17(11-15)18-12-16(14(3)4)6-8-20(18)22(19)10-9-21(23)24;1-19(2,3)13-8-9-17-15(12-13)14-6-4-5-7-16(14)20(17)11-10-18(21)22;2*1-11-3-5-15-13(9-11)14-10-12(2)4-6-16(14)18(15)8-7-17(19)20;1-10-2-4-12-14(8-10)21-15-9-11(17)3-5-13(15)18(12)7-6-16(19)20;1-11-6-7-15-13(10-11)12-4-2-3-5-14(12)17(15)9-8-16(18)19/h5-8,11-14H,9-10H2,1-4H3,(H,23,24);4-9,12H,10-11H2,1-3H3,(H,21,22);2*3-6,9-10H,7-8H2,1-2H3,(H,19,20);2-5,8-9H,6-7H2,1H3,(H,19,20);2-7,10H,8-9H2,1H3,(H,18,19). The van der Waals surface area contributed by atoms with Gasteiger partial charge in [-0.1, -0.05) is 191 Å². The molecule has 6 heterocycles. The number of rotatable bonds is 20. The van der Waals surface area contributed by atoms with Crippen LogP contribution in [0.4, 0.5) is 11.4 Å². The summed E-state index contributed by atoms with van der Waals surface area (Å²) in [4.78, 5) is 69.7. The molecular weight excluding hydrogens is 1620 g/mol. The zero-order chi connectivity index (χ0) is 90.3. The first-order chi connectivity index (χ1) is 60.1. The van der Waals surface area contributed by atoms with E-state index in [0.29, 0.717) is 56.1 Å². The van der Waals surface area contributed by atoms with Gasteiger partial charge in [0.1, 0.15) is 0 Å². The molecule has 20 heteroatoms. The van der Waals surface area contributed by atoms with E-state index in [2.05, 4.69) is 294 Å². The number of benzene rings is 12. The third-order valence-corrected chi connectivity index (χ3v) is 24.6. The highest BCUT2D eigenvalue weighted by Gasteiger charge is 2.26. The first kappa shape index (κ1) is 90.6. The largest absolute Gasteiger partial charge is 0.481 e. The molecule has 18 nitrogen and oxygen atoms in total. The highest BCUT2D eigenvalue weighted by Crippen LogP contribution is 2.50. The Kier molecular flexibility index (Phi) is 28.0. The van der Waals surface area contributed by atoms with Crippen molar-refractivity contribution in [1.29, 1.82) is 0 Å². The average Bonchev–Trinajstić information content (AvgIpc) is 1.63. The molecular formula is C106H109ClN6O12S. The number of anilines is 2. The zero-order valence-corrected chi connectivity index (χ0v) is 75.3. The van der Waals surface area contributed by atoms with E-state index in [4.69, 9.17) is 42.2 Å². The minimum atomic E-state index is -0.794. The van der Waals surface area contributed by atoms with Gasteiger partial charge >= 0.3 is 35.8 Å². The van der Waals surface area contributed by atoms with Gasteiger partial charge in [0, 0.05) is 163 Å². The molecule has 126 heavy (non-hydrogen) atoms. The van der Waals surface area contributed by atoms with Crippen molar-refractivity contribution >= 4 is 180 Å². The minimum absolute atomic E-state index is 0.0957. The Morgan fingerprint density at radius 2 is 0.548 bits per heavy atom. The Morgan fingerprint density at radius 1 is 0.294 bits per heavy atom. The van der Waals surface area contributed by atoms with Crippen LogP contribution in [0, 0.1) is 41.5 Å². The van der Waals surface area contributed by atoms with Crippen molar-refractivity contribution in [2.75, 3.05) is 11.4 Å². The topological polar surface area (TPSA) is 252 Å². The molecule has 0 saturated carbocycles. The molecule has 0 bridgehead atoms. The van der Waals surface area contributed by atoms with Crippen LogP contribution >= 0.6 is 23.4 Å². The van der Waals surface area contributed by atoms with Crippen LogP contribution < -0.4 is 4.90 Å². The van der Waals surface area contributed by atoms with Gasteiger partial charge < -0.3 is 58.4 Å².